The molecular weight excluding hydrogens is 344 g/mol. The summed E-state index contributed by atoms with van der Waals surface area (Å²) >= 11 is 0. The monoisotopic (exact) mass is 362 g/mol. The summed E-state index contributed by atoms with van der Waals surface area (Å²) in [5.41, 5.74) is 4.27. The number of benzene rings is 3. The fraction of sp³-hybridized carbons (Fsp3) is 0.0476. The summed E-state index contributed by atoms with van der Waals surface area (Å²) in [6.45, 7) is 0.810. The summed E-state index contributed by atoms with van der Waals surface area (Å²) in [6.07, 6.45) is 1.58. The zero-order valence-corrected chi connectivity index (χ0v) is 14.9. The van der Waals surface area contributed by atoms with E-state index in [1.54, 1.807) is 6.33 Å². The van der Waals surface area contributed by atoms with Gasteiger partial charge in [-0.3, -0.25) is 0 Å². The zero-order chi connectivity index (χ0) is 16.9. The Balaban J connectivity index is 0.00000196. The predicted octanol–water partition coefficient (Wildman–Crippen LogP) is 5.41. The van der Waals surface area contributed by atoms with Crippen LogP contribution in [-0.4, -0.2) is 9.97 Å². The molecule has 130 valence electrons. The van der Waals surface area contributed by atoms with E-state index in [1.807, 2.05) is 42.5 Å². The van der Waals surface area contributed by atoms with Crippen molar-refractivity contribution in [2.45, 2.75) is 6.54 Å². The second-order valence-electron chi connectivity index (χ2n) is 5.78. The van der Waals surface area contributed by atoms with Crippen molar-refractivity contribution in [1.82, 2.24) is 9.97 Å². The summed E-state index contributed by atoms with van der Waals surface area (Å²) in [6, 6.07) is 26.6. The fourth-order valence-electron chi connectivity index (χ4n) is 2.71. The van der Waals surface area contributed by atoms with E-state index in [1.165, 1.54) is 5.56 Å². The van der Waals surface area contributed by atoms with Gasteiger partial charge in [0.1, 0.15) is 12.1 Å². The number of hydrogen-bond donors (Lipinski definition) is 2. The molecule has 0 aliphatic heterocycles. The van der Waals surface area contributed by atoms with Gasteiger partial charge in [-0.2, -0.15) is 0 Å². The second kappa shape index (κ2) is 8.32. The van der Waals surface area contributed by atoms with Gasteiger partial charge in [0.05, 0.1) is 5.52 Å². The lowest BCUT2D eigenvalue weighted by atomic mass is 10.2. The molecule has 0 radical (unpaired) electrons. The average Bonchev–Trinajstić information content (AvgIpc) is 2.69. The summed E-state index contributed by atoms with van der Waals surface area (Å²) in [5.74, 6) is 0.815. The SMILES string of the molecule is Cl.c1ccc(CNc2ccc(Nc3ncnc4ccccc34)cc2)cc1. The van der Waals surface area contributed by atoms with Gasteiger partial charge in [0, 0.05) is 23.3 Å². The Morgan fingerprint density at radius 1 is 0.692 bits per heavy atom. The minimum absolute atomic E-state index is 0. The molecule has 0 saturated heterocycles. The minimum Gasteiger partial charge on any atom is -0.381 e. The van der Waals surface area contributed by atoms with Crippen LogP contribution in [-0.2, 0) is 6.54 Å². The molecule has 26 heavy (non-hydrogen) atoms. The zero-order valence-electron chi connectivity index (χ0n) is 14.1. The van der Waals surface area contributed by atoms with Crippen molar-refractivity contribution in [3.05, 3.63) is 90.8 Å². The van der Waals surface area contributed by atoms with Gasteiger partial charge in [-0.1, -0.05) is 42.5 Å². The number of para-hydroxylation sites is 1. The van der Waals surface area contributed by atoms with Crippen LogP contribution < -0.4 is 10.6 Å². The quantitative estimate of drug-likeness (QED) is 0.498. The molecule has 4 rings (SSSR count). The highest BCUT2D eigenvalue weighted by Gasteiger charge is 2.03. The van der Waals surface area contributed by atoms with Crippen molar-refractivity contribution >= 4 is 40.5 Å². The van der Waals surface area contributed by atoms with E-state index in [0.29, 0.717) is 0 Å². The summed E-state index contributed by atoms with van der Waals surface area (Å²) in [5, 5.41) is 7.81. The van der Waals surface area contributed by atoms with Crippen LogP contribution in [0, 0.1) is 0 Å². The second-order valence-corrected chi connectivity index (χ2v) is 5.78. The molecule has 0 aliphatic carbocycles. The first-order valence-electron chi connectivity index (χ1n) is 8.23. The Hall–Kier alpha value is -3.11. The summed E-state index contributed by atoms with van der Waals surface area (Å²) in [7, 11) is 0. The first kappa shape index (κ1) is 17.7. The van der Waals surface area contributed by atoms with Crippen LogP contribution in [0.4, 0.5) is 17.2 Å². The average molecular weight is 363 g/mol. The van der Waals surface area contributed by atoms with Gasteiger partial charge in [0.15, 0.2) is 0 Å². The molecule has 0 unspecified atom stereocenters. The molecule has 0 amide bonds. The molecule has 5 heteroatoms. The van der Waals surface area contributed by atoms with Crippen molar-refractivity contribution in [1.29, 1.82) is 0 Å². The normalized spacial score (nSPS) is 10.2. The molecule has 4 nitrogen and oxygen atoms in total. The van der Waals surface area contributed by atoms with Crippen molar-refractivity contribution in [2.75, 3.05) is 10.6 Å². The smallest absolute Gasteiger partial charge is 0.141 e. The Morgan fingerprint density at radius 3 is 2.19 bits per heavy atom. The molecule has 0 bridgehead atoms. The number of aromatic nitrogens is 2. The standard InChI is InChI=1S/C21H18N4.ClH/c1-2-6-16(7-3-1)14-22-17-10-12-18(13-11-17)25-21-19-8-4-5-9-20(19)23-15-24-21;/h1-13,15,22H,14H2,(H,23,24,25);1H. The number of nitrogens with one attached hydrogen (secondary N) is 2. The lowest BCUT2D eigenvalue weighted by Gasteiger charge is -2.10. The number of anilines is 3. The highest BCUT2D eigenvalue weighted by Crippen LogP contribution is 2.23. The number of fused-ring (bicyclic) bond motifs is 1. The molecule has 1 aromatic heterocycles. The lowest BCUT2D eigenvalue weighted by Crippen LogP contribution is -1.99. The van der Waals surface area contributed by atoms with E-state index in [2.05, 4.69) is 57.0 Å². The maximum absolute atomic E-state index is 4.36. The van der Waals surface area contributed by atoms with E-state index in [0.717, 1.165) is 34.6 Å². The van der Waals surface area contributed by atoms with Gasteiger partial charge in [0.2, 0.25) is 0 Å². The largest absolute Gasteiger partial charge is 0.381 e. The topological polar surface area (TPSA) is 49.8 Å². The van der Waals surface area contributed by atoms with Crippen LogP contribution in [0.1, 0.15) is 5.56 Å². The van der Waals surface area contributed by atoms with Gasteiger partial charge in [-0.05, 0) is 42.0 Å². The number of halogens is 1. The van der Waals surface area contributed by atoms with E-state index in [-0.39, 0.29) is 12.4 Å². The Bertz CT molecular complexity index is 967. The molecule has 4 aromatic rings. The third kappa shape index (κ3) is 4.10. The van der Waals surface area contributed by atoms with Gasteiger partial charge < -0.3 is 10.6 Å². The molecule has 0 spiro atoms. The van der Waals surface area contributed by atoms with E-state index >= 15 is 0 Å². The fourth-order valence-corrected chi connectivity index (χ4v) is 2.71. The van der Waals surface area contributed by atoms with Crippen molar-refractivity contribution in [3.8, 4) is 0 Å². The van der Waals surface area contributed by atoms with Crippen LogP contribution in [0.5, 0.6) is 0 Å². The van der Waals surface area contributed by atoms with Gasteiger partial charge >= 0.3 is 0 Å². The predicted molar refractivity (Wildman–Crippen MR) is 110 cm³/mol. The Kier molecular flexibility index (Phi) is 5.66. The van der Waals surface area contributed by atoms with Crippen molar-refractivity contribution in [3.63, 3.8) is 0 Å². The van der Waals surface area contributed by atoms with Crippen molar-refractivity contribution < 1.29 is 0 Å². The first-order valence-corrected chi connectivity index (χ1v) is 8.23. The Labute approximate surface area is 158 Å². The number of nitrogens with zero attached hydrogens (tertiary/aromatic N) is 2. The highest BCUT2D eigenvalue weighted by molar-refractivity contribution is 5.90. The molecule has 3 aromatic carbocycles. The number of rotatable bonds is 5. The molecule has 0 fully saturated rings. The molecular formula is C21H19ClN4. The van der Waals surface area contributed by atoms with Crippen LogP contribution in [0.3, 0.4) is 0 Å². The maximum Gasteiger partial charge on any atom is 0.141 e. The van der Waals surface area contributed by atoms with Crippen LogP contribution >= 0.6 is 12.4 Å². The summed E-state index contributed by atoms with van der Waals surface area (Å²) < 4.78 is 0. The van der Waals surface area contributed by atoms with Crippen LogP contribution in [0.2, 0.25) is 0 Å². The van der Waals surface area contributed by atoms with Crippen LogP contribution in [0.25, 0.3) is 10.9 Å². The third-order valence-corrected chi connectivity index (χ3v) is 4.03. The van der Waals surface area contributed by atoms with Gasteiger partial charge in [0.25, 0.3) is 0 Å². The molecule has 1 heterocycles. The minimum atomic E-state index is 0. The highest BCUT2D eigenvalue weighted by atomic mass is 35.5. The van der Waals surface area contributed by atoms with Gasteiger partial charge in [-0.15, -0.1) is 12.4 Å². The summed E-state index contributed by atoms with van der Waals surface area (Å²) in [4.78, 5) is 8.65. The van der Waals surface area contributed by atoms with E-state index in [9.17, 15) is 0 Å². The van der Waals surface area contributed by atoms with E-state index < -0.39 is 0 Å². The van der Waals surface area contributed by atoms with Gasteiger partial charge in [-0.25, -0.2) is 9.97 Å². The van der Waals surface area contributed by atoms with Crippen molar-refractivity contribution in [2.24, 2.45) is 0 Å². The molecule has 0 atom stereocenters. The van der Waals surface area contributed by atoms with E-state index in [4.69, 9.17) is 0 Å². The Morgan fingerprint density at radius 2 is 1.38 bits per heavy atom. The van der Waals surface area contributed by atoms with Crippen LogP contribution in [0.15, 0.2) is 85.2 Å². The third-order valence-electron chi connectivity index (χ3n) is 4.03. The maximum atomic E-state index is 4.36. The molecule has 0 saturated carbocycles. The first-order chi connectivity index (χ1) is 12.4. The molecule has 2 N–H and O–H groups in total. The number of hydrogen-bond acceptors (Lipinski definition) is 4. The molecule has 0 aliphatic rings. The lowest BCUT2D eigenvalue weighted by molar-refractivity contribution is 1.15.